The molecule has 0 aliphatic carbocycles. The minimum atomic E-state index is -0.364. The van der Waals surface area contributed by atoms with Crippen molar-refractivity contribution in [1.82, 2.24) is 15.2 Å². The van der Waals surface area contributed by atoms with Gasteiger partial charge in [-0.1, -0.05) is 6.07 Å². The van der Waals surface area contributed by atoms with Crippen LogP contribution in [0.3, 0.4) is 0 Å². The number of pyridine rings is 1. The number of amides is 2. The summed E-state index contributed by atoms with van der Waals surface area (Å²) in [5.74, 6) is -0.647. The molecular formula is C24H22FN3O2S. The van der Waals surface area contributed by atoms with Crippen molar-refractivity contribution >= 4 is 29.2 Å². The molecule has 158 valence electrons. The molecule has 4 rings (SSSR count). The molecule has 1 aromatic carbocycles. The maximum absolute atomic E-state index is 13.2. The van der Waals surface area contributed by atoms with E-state index in [0.29, 0.717) is 31.6 Å². The lowest BCUT2D eigenvalue weighted by Gasteiger charge is -2.30. The number of benzene rings is 1. The van der Waals surface area contributed by atoms with Crippen molar-refractivity contribution in [3.63, 3.8) is 0 Å². The Hall–Kier alpha value is -3.32. The first-order chi connectivity index (χ1) is 15.0. The lowest BCUT2D eigenvalue weighted by atomic mass is 9.94. The van der Waals surface area contributed by atoms with E-state index in [0.717, 1.165) is 27.3 Å². The molecule has 1 aliphatic rings. The van der Waals surface area contributed by atoms with Gasteiger partial charge in [0, 0.05) is 48.0 Å². The van der Waals surface area contributed by atoms with E-state index < -0.39 is 0 Å². The molecule has 2 amide bonds. The maximum atomic E-state index is 13.2. The van der Waals surface area contributed by atoms with Crippen molar-refractivity contribution in [2.45, 2.75) is 26.4 Å². The van der Waals surface area contributed by atoms with E-state index in [9.17, 15) is 14.0 Å². The molecule has 7 heteroatoms. The van der Waals surface area contributed by atoms with Crippen molar-refractivity contribution in [3.8, 4) is 0 Å². The minimum Gasteiger partial charge on any atom is -0.348 e. The van der Waals surface area contributed by atoms with E-state index >= 15 is 0 Å². The van der Waals surface area contributed by atoms with Gasteiger partial charge < -0.3 is 10.2 Å². The second kappa shape index (κ2) is 9.22. The minimum absolute atomic E-state index is 0.125. The van der Waals surface area contributed by atoms with E-state index in [1.165, 1.54) is 30.3 Å². The Bertz CT molecular complexity index is 1120. The van der Waals surface area contributed by atoms with Crippen LogP contribution in [0.2, 0.25) is 0 Å². The molecule has 0 radical (unpaired) electrons. The van der Waals surface area contributed by atoms with E-state index in [1.54, 1.807) is 28.5 Å². The van der Waals surface area contributed by atoms with Crippen molar-refractivity contribution in [2.24, 2.45) is 0 Å². The summed E-state index contributed by atoms with van der Waals surface area (Å²) in [6.45, 7) is 3.32. The SMILES string of the molecule is Cc1ncc2c(c1CNC(=O)/C=C/c1cccs1)CCN(C(=O)c1ccc(F)cc1)C2. The predicted molar refractivity (Wildman–Crippen MR) is 119 cm³/mol. The van der Waals surface area contributed by atoms with Gasteiger partial charge >= 0.3 is 0 Å². The standard InChI is InChI=1S/C24H22FN3O2S/c1-16-22(14-27-23(29)9-8-20-3-2-12-31-20)21-10-11-28(15-18(21)13-26-16)24(30)17-4-6-19(25)7-5-17/h2-9,12-13H,10-11,14-15H2,1H3,(H,27,29)/b9-8+. The summed E-state index contributed by atoms with van der Waals surface area (Å²) >= 11 is 1.57. The molecule has 0 unspecified atom stereocenters. The first-order valence-electron chi connectivity index (χ1n) is 10.0. The molecule has 0 atom stereocenters. The highest BCUT2D eigenvalue weighted by Gasteiger charge is 2.24. The maximum Gasteiger partial charge on any atom is 0.254 e. The fourth-order valence-corrected chi connectivity index (χ4v) is 4.30. The van der Waals surface area contributed by atoms with Gasteiger partial charge in [0.1, 0.15) is 5.82 Å². The average Bonchev–Trinajstić information content (AvgIpc) is 3.30. The molecule has 0 spiro atoms. The topological polar surface area (TPSA) is 62.3 Å². The zero-order valence-electron chi connectivity index (χ0n) is 17.1. The number of fused-ring (bicyclic) bond motifs is 1. The predicted octanol–water partition coefficient (Wildman–Crippen LogP) is 4.12. The van der Waals surface area contributed by atoms with Gasteiger partial charge in [-0.3, -0.25) is 14.6 Å². The Morgan fingerprint density at radius 2 is 2.06 bits per heavy atom. The number of carbonyl (C=O) groups excluding carboxylic acids is 2. The summed E-state index contributed by atoms with van der Waals surface area (Å²) in [6.07, 6.45) is 5.82. The van der Waals surface area contributed by atoms with Crippen LogP contribution >= 0.6 is 11.3 Å². The molecule has 2 aromatic heterocycles. The zero-order chi connectivity index (χ0) is 21.8. The highest BCUT2D eigenvalue weighted by atomic mass is 32.1. The van der Waals surface area contributed by atoms with Crippen LogP contribution < -0.4 is 5.32 Å². The van der Waals surface area contributed by atoms with E-state index in [4.69, 9.17) is 0 Å². The quantitative estimate of drug-likeness (QED) is 0.614. The molecule has 31 heavy (non-hydrogen) atoms. The summed E-state index contributed by atoms with van der Waals surface area (Å²) < 4.78 is 13.2. The van der Waals surface area contributed by atoms with E-state index in [1.807, 2.05) is 24.4 Å². The van der Waals surface area contributed by atoms with Crippen molar-refractivity contribution < 1.29 is 14.0 Å². The number of hydrogen-bond acceptors (Lipinski definition) is 4. The Balaban J connectivity index is 1.45. The molecule has 0 saturated carbocycles. The average molecular weight is 436 g/mol. The molecule has 1 N–H and O–H groups in total. The van der Waals surface area contributed by atoms with Gasteiger partial charge in [-0.25, -0.2) is 4.39 Å². The summed E-state index contributed by atoms with van der Waals surface area (Å²) in [4.78, 5) is 32.2. The molecule has 1 aliphatic heterocycles. The number of nitrogens with zero attached hydrogens (tertiary/aromatic N) is 2. The Labute approximate surface area is 184 Å². The first-order valence-corrected chi connectivity index (χ1v) is 10.9. The molecule has 3 heterocycles. The van der Waals surface area contributed by atoms with Gasteiger partial charge in [-0.15, -0.1) is 11.3 Å². The van der Waals surface area contributed by atoms with Crippen LogP contribution in [0, 0.1) is 12.7 Å². The third-order valence-electron chi connectivity index (χ3n) is 5.36. The molecule has 0 fully saturated rings. The van der Waals surface area contributed by atoms with Gasteiger partial charge in [0.05, 0.1) is 0 Å². The summed E-state index contributed by atoms with van der Waals surface area (Å²) in [5.41, 5.74) is 4.46. The summed E-state index contributed by atoms with van der Waals surface area (Å²) in [5, 5.41) is 4.91. The van der Waals surface area contributed by atoms with Crippen LogP contribution in [0.4, 0.5) is 4.39 Å². The van der Waals surface area contributed by atoms with Crippen LogP contribution in [0.25, 0.3) is 6.08 Å². The Morgan fingerprint density at radius 3 is 2.81 bits per heavy atom. The normalized spacial score (nSPS) is 13.3. The van der Waals surface area contributed by atoms with Crippen LogP contribution in [-0.2, 0) is 24.3 Å². The van der Waals surface area contributed by atoms with Gasteiger partial charge in [-0.2, -0.15) is 0 Å². The number of nitrogens with one attached hydrogen (secondary N) is 1. The summed E-state index contributed by atoms with van der Waals surface area (Å²) in [7, 11) is 0. The number of carbonyl (C=O) groups is 2. The van der Waals surface area contributed by atoms with Crippen molar-refractivity contribution in [1.29, 1.82) is 0 Å². The highest BCUT2D eigenvalue weighted by molar-refractivity contribution is 7.10. The van der Waals surface area contributed by atoms with Gasteiger partial charge in [0.2, 0.25) is 5.91 Å². The lowest BCUT2D eigenvalue weighted by molar-refractivity contribution is -0.116. The number of halogens is 1. The number of thiophene rings is 1. The van der Waals surface area contributed by atoms with Crippen LogP contribution in [0.5, 0.6) is 0 Å². The van der Waals surface area contributed by atoms with Crippen LogP contribution in [0.1, 0.15) is 37.6 Å². The monoisotopic (exact) mass is 435 g/mol. The van der Waals surface area contributed by atoms with Gasteiger partial charge in [0.15, 0.2) is 0 Å². The third kappa shape index (κ3) is 4.88. The fraction of sp³-hybridized carbons (Fsp3) is 0.208. The Kier molecular flexibility index (Phi) is 6.23. The van der Waals surface area contributed by atoms with Crippen molar-refractivity contribution in [3.05, 3.63) is 92.7 Å². The smallest absolute Gasteiger partial charge is 0.254 e. The third-order valence-corrected chi connectivity index (χ3v) is 6.19. The molecule has 3 aromatic rings. The number of rotatable bonds is 5. The molecule has 0 bridgehead atoms. The van der Waals surface area contributed by atoms with Crippen LogP contribution in [0.15, 0.2) is 54.1 Å². The zero-order valence-corrected chi connectivity index (χ0v) is 17.9. The fourth-order valence-electron chi connectivity index (χ4n) is 3.68. The largest absolute Gasteiger partial charge is 0.348 e. The second-order valence-corrected chi connectivity index (χ2v) is 8.36. The number of hydrogen-bond donors (Lipinski definition) is 1. The van der Waals surface area contributed by atoms with Crippen LogP contribution in [-0.4, -0.2) is 28.2 Å². The first kappa shape index (κ1) is 20.9. The number of aromatic nitrogens is 1. The van der Waals surface area contributed by atoms with Crippen molar-refractivity contribution in [2.75, 3.05) is 6.54 Å². The molecule has 5 nitrogen and oxygen atoms in total. The van der Waals surface area contributed by atoms with Gasteiger partial charge in [-0.05, 0) is 71.8 Å². The molecule has 0 saturated heterocycles. The summed E-state index contributed by atoms with van der Waals surface area (Å²) in [6, 6.07) is 9.50. The Morgan fingerprint density at radius 1 is 1.26 bits per heavy atom. The number of aryl methyl sites for hydroxylation is 1. The second-order valence-electron chi connectivity index (χ2n) is 7.38. The highest BCUT2D eigenvalue weighted by Crippen LogP contribution is 2.25. The molecular weight excluding hydrogens is 413 g/mol. The van der Waals surface area contributed by atoms with E-state index in [2.05, 4.69) is 10.3 Å². The van der Waals surface area contributed by atoms with E-state index in [-0.39, 0.29) is 17.6 Å². The van der Waals surface area contributed by atoms with Gasteiger partial charge in [0.25, 0.3) is 5.91 Å². The lowest BCUT2D eigenvalue weighted by Crippen LogP contribution is -2.37.